The van der Waals surface area contributed by atoms with Crippen LogP contribution in [0.1, 0.15) is 33.5 Å². The smallest absolute Gasteiger partial charge is 0.135 e. The molecule has 18 heavy (non-hydrogen) atoms. The van der Waals surface area contributed by atoms with Crippen LogP contribution in [0.25, 0.3) is 11.4 Å². The zero-order valence-electron chi connectivity index (χ0n) is 11.1. The summed E-state index contributed by atoms with van der Waals surface area (Å²) in [5.74, 6) is 0.818. The normalized spacial score (nSPS) is 11.8. The first-order valence-electron chi connectivity index (χ1n) is 5.97. The van der Waals surface area contributed by atoms with Crippen molar-refractivity contribution in [3.05, 3.63) is 29.0 Å². The molecule has 0 aliphatic heterocycles. The molecule has 2 aromatic rings. The molecular formula is C13H17BrN4. The van der Waals surface area contributed by atoms with Crippen molar-refractivity contribution in [1.29, 1.82) is 0 Å². The highest BCUT2D eigenvalue weighted by Crippen LogP contribution is 2.24. The predicted octanol–water partition coefficient (Wildman–Crippen LogP) is 3.42. The third-order valence-electron chi connectivity index (χ3n) is 2.63. The molecule has 0 aliphatic carbocycles. The summed E-state index contributed by atoms with van der Waals surface area (Å²) in [6.45, 7) is 9.29. The van der Waals surface area contributed by atoms with Gasteiger partial charge in [-0.2, -0.15) is 0 Å². The predicted molar refractivity (Wildman–Crippen MR) is 75.3 cm³/mol. The van der Waals surface area contributed by atoms with Gasteiger partial charge in [0.25, 0.3) is 0 Å². The Balaban J connectivity index is 2.48. The molecule has 0 amide bonds. The van der Waals surface area contributed by atoms with Crippen LogP contribution in [0.4, 0.5) is 0 Å². The SMILES string of the molecule is CCn1cnc(-c2cc(Br)nc(C(C)(C)C)n2)c1. The second-order valence-electron chi connectivity index (χ2n) is 5.24. The Kier molecular flexibility index (Phi) is 3.52. The summed E-state index contributed by atoms with van der Waals surface area (Å²) in [4.78, 5) is 13.4. The van der Waals surface area contributed by atoms with Crippen LogP contribution in [0.2, 0.25) is 0 Å². The summed E-state index contributed by atoms with van der Waals surface area (Å²) in [6.07, 6.45) is 3.82. The maximum atomic E-state index is 4.61. The topological polar surface area (TPSA) is 43.6 Å². The molecule has 2 heterocycles. The maximum absolute atomic E-state index is 4.61. The summed E-state index contributed by atoms with van der Waals surface area (Å²) in [5, 5.41) is 0. The van der Waals surface area contributed by atoms with Crippen LogP contribution in [0.3, 0.4) is 0 Å². The lowest BCUT2D eigenvalue weighted by atomic mass is 9.95. The minimum Gasteiger partial charge on any atom is -0.337 e. The summed E-state index contributed by atoms with van der Waals surface area (Å²) >= 11 is 3.44. The molecule has 2 rings (SSSR count). The fourth-order valence-corrected chi connectivity index (χ4v) is 1.93. The van der Waals surface area contributed by atoms with Crippen molar-refractivity contribution in [2.24, 2.45) is 0 Å². The molecule has 0 unspecified atom stereocenters. The fraction of sp³-hybridized carbons (Fsp3) is 0.462. The zero-order chi connectivity index (χ0) is 13.3. The van der Waals surface area contributed by atoms with Gasteiger partial charge in [-0.3, -0.25) is 0 Å². The molecular weight excluding hydrogens is 292 g/mol. The third-order valence-corrected chi connectivity index (χ3v) is 3.03. The van der Waals surface area contributed by atoms with Gasteiger partial charge in [0.05, 0.1) is 12.0 Å². The molecule has 0 radical (unpaired) electrons. The lowest BCUT2D eigenvalue weighted by Gasteiger charge is -2.17. The highest BCUT2D eigenvalue weighted by molar-refractivity contribution is 9.10. The van der Waals surface area contributed by atoms with Crippen LogP contribution in [-0.4, -0.2) is 19.5 Å². The van der Waals surface area contributed by atoms with Crippen LogP contribution in [0.5, 0.6) is 0 Å². The fourth-order valence-electron chi connectivity index (χ4n) is 1.55. The van der Waals surface area contributed by atoms with Crippen molar-refractivity contribution in [3.8, 4) is 11.4 Å². The Hall–Kier alpha value is -1.23. The van der Waals surface area contributed by atoms with E-state index in [0.717, 1.165) is 28.4 Å². The van der Waals surface area contributed by atoms with Crippen LogP contribution in [0, 0.1) is 0 Å². The Labute approximate surface area is 116 Å². The number of rotatable bonds is 2. The number of hydrogen-bond donors (Lipinski definition) is 0. The lowest BCUT2D eigenvalue weighted by Crippen LogP contribution is -2.16. The monoisotopic (exact) mass is 308 g/mol. The van der Waals surface area contributed by atoms with Crippen LogP contribution in [0.15, 0.2) is 23.2 Å². The molecule has 0 bridgehead atoms. The van der Waals surface area contributed by atoms with E-state index < -0.39 is 0 Å². The van der Waals surface area contributed by atoms with Crippen molar-refractivity contribution in [2.75, 3.05) is 0 Å². The molecule has 0 atom stereocenters. The van der Waals surface area contributed by atoms with Gasteiger partial charge >= 0.3 is 0 Å². The van der Waals surface area contributed by atoms with Crippen molar-refractivity contribution in [2.45, 2.75) is 39.7 Å². The number of nitrogens with zero attached hydrogens (tertiary/aromatic N) is 4. The van der Waals surface area contributed by atoms with Crippen molar-refractivity contribution < 1.29 is 0 Å². The average molecular weight is 309 g/mol. The van der Waals surface area contributed by atoms with E-state index in [1.165, 1.54) is 0 Å². The Morgan fingerprint density at radius 2 is 1.94 bits per heavy atom. The van der Waals surface area contributed by atoms with E-state index in [-0.39, 0.29) is 5.41 Å². The van der Waals surface area contributed by atoms with Gasteiger partial charge in [0.1, 0.15) is 16.1 Å². The molecule has 0 saturated carbocycles. The summed E-state index contributed by atoms with van der Waals surface area (Å²) in [6, 6.07) is 1.90. The van der Waals surface area contributed by atoms with Crippen molar-refractivity contribution in [1.82, 2.24) is 19.5 Å². The Morgan fingerprint density at radius 3 is 2.50 bits per heavy atom. The summed E-state index contributed by atoms with van der Waals surface area (Å²) in [7, 11) is 0. The summed E-state index contributed by atoms with van der Waals surface area (Å²) in [5.41, 5.74) is 1.66. The van der Waals surface area contributed by atoms with Gasteiger partial charge in [-0.05, 0) is 28.9 Å². The third kappa shape index (κ3) is 2.77. The lowest BCUT2D eigenvalue weighted by molar-refractivity contribution is 0.544. The van der Waals surface area contributed by atoms with Gasteiger partial charge < -0.3 is 4.57 Å². The van der Waals surface area contributed by atoms with E-state index in [9.17, 15) is 0 Å². The molecule has 0 aliphatic rings. The zero-order valence-corrected chi connectivity index (χ0v) is 12.7. The minimum absolute atomic E-state index is 0.0775. The largest absolute Gasteiger partial charge is 0.337 e. The Morgan fingerprint density at radius 1 is 1.22 bits per heavy atom. The molecule has 0 saturated heterocycles. The van der Waals surface area contributed by atoms with Crippen molar-refractivity contribution in [3.63, 3.8) is 0 Å². The molecule has 96 valence electrons. The van der Waals surface area contributed by atoms with Gasteiger partial charge in [0.2, 0.25) is 0 Å². The number of aromatic nitrogens is 4. The average Bonchev–Trinajstić information content (AvgIpc) is 2.75. The number of imidazole rings is 1. The quantitative estimate of drug-likeness (QED) is 0.798. The first-order chi connectivity index (χ1) is 8.40. The second-order valence-corrected chi connectivity index (χ2v) is 6.05. The van der Waals surface area contributed by atoms with Gasteiger partial charge in [0, 0.05) is 18.2 Å². The highest BCUT2D eigenvalue weighted by atomic mass is 79.9. The molecule has 0 N–H and O–H groups in total. The van der Waals surface area contributed by atoms with E-state index >= 15 is 0 Å². The first-order valence-corrected chi connectivity index (χ1v) is 6.76. The molecule has 4 nitrogen and oxygen atoms in total. The number of aryl methyl sites for hydroxylation is 1. The molecule has 0 fully saturated rings. The van der Waals surface area contributed by atoms with E-state index in [1.54, 1.807) is 0 Å². The minimum atomic E-state index is -0.0775. The van der Waals surface area contributed by atoms with Crippen LogP contribution >= 0.6 is 15.9 Å². The van der Waals surface area contributed by atoms with Crippen LogP contribution < -0.4 is 0 Å². The van der Waals surface area contributed by atoms with Gasteiger partial charge in [-0.15, -0.1) is 0 Å². The standard InChI is InChI=1S/C13H17BrN4/c1-5-18-7-10(15-8-18)9-6-11(14)17-12(16-9)13(2,3)4/h6-8H,5H2,1-4H3. The number of halogens is 1. The van der Waals surface area contributed by atoms with Gasteiger partial charge in [0.15, 0.2) is 0 Å². The van der Waals surface area contributed by atoms with Gasteiger partial charge in [-0.1, -0.05) is 20.8 Å². The maximum Gasteiger partial charge on any atom is 0.135 e. The second kappa shape index (κ2) is 4.80. The number of hydrogen-bond acceptors (Lipinski definition) is 3. The summed E-state index contributed by atoms with van der Waals surface area (Å²) < 4.78 is 2.82. The van der Waals surface area contributed by atoms with E-state index in [2.05, 4.69) is 58.6 Å². The first kappa shape index (κ1) is 13.2. The van der Waals surface area contributed by atoms with Crippen molar-refractivity contribution >= 4 is 15.9 Å². The molecule has 0 aromatic carbocycles. The molecule has 0 spiro atoms. The molecule has 5 heteroatoms. The molecule has 2 aromatic heterocycles. The highest BCUT2D eigenvalue weighted by Gasteiger charge is 2.19. The van der Waals surface area contributed by atoms with E-state index in [0.29, 0.717) is 0 Å². The van der Waals surface area contributed by atoms with E-state index in [4.69, 9.17) is 0 Å². The van der Waals surface area contributed by atoms with Gasteiger partial charge in [-0.25, -0.2) is 15.0 Å². The Bertz CT molecular complexity index is 554. The van der Waals surface area contributed by atoms with Crippen LogP contribution in [-0.2, 0) is 12.0 Å². The van der Waals surface area contributed by atoms with E-state index in [1.807, 2.05) is 23.2 Å².